The number of nitrogens with one attached hydrogen (secondary N) is 1. The molecule has 128 valence electrons. The van der Waals surface area contributed by atoms with E-state index in [1.165, 1.54) is 17.4 Å². The Balaban J connectivity index is 2.01. The predicted octanol–water partition coefficient (Wildman–Crippen LogP) is 3.52. The Morgan fingerprint density at radius 1 is 1.36 bits per heavy atom. The number of amides is 1. The van der Waals surface area contributed by atoms with E-state index in [0.717, 1.165) is 4.83 Å². The molecule has 0 radical (unpaired) electrons. The Morgan fingerprint density at radius 3 is 2.72 bits per heavy atom. The van der Waals surface area contributed by atoms with Gasteiger partial charge in [-0.1, -0.05) is 30.3 Å². The first-order valence-electron chi connectivity index (χ1n) is 7.68. The van der Waals surface area contributed by atoms with Crippen LogP contribution in [0.3, 0.4) is 0 Å². The molecule has 1 atom stereocenters. The zero-order valence-electron chi connectivity index (χ0n) is 13.4. The number of fused-ring (bicyclic) bond motifs is 1. The molecule has 1 amide bonds. The van der Waals surface area contributed by atoms with Crippen molar-refractivity contribution in [3.63, 3.8) is 0 Å². The highest BCUT2D eigenvalue weighted by Gasteiger charge is 2.21. The lowest BCUT2D eigenvalue weighted by Gasteiger charge is -2.13. The summed E-state index contributed by atoms with van der Waals surface area (Å²) < 4.78 is 2.60. The molecule has 0 aliphatic rings. The molecule has 1 N–H and O–H groups in total. The normalized spacial score (nSPS) is 12.1. The van der Waals surface area contributed by atoms with Crippen LogP contribution >= 0.6 is 27.3 Å². The standard InChI is InChI=1S/C18H15BrN2O3S/c1-2-21-15(19)8-14(23)16-12(10-25-18(16)21)17(24)20-13(9-22)11-6-4-3-5-7-11/h3-10,13H,2H2,1H3,(H,20,24). The van der Waals surface area contributed by atoms with Gasteiger partial charge in [-0.25, -0.2) is 0 Å². The van der Waals surface area contributed by atoms with Crippen molar-refractivity contribution in [2.24, 2.45) is 0 Å². The number of aromatic nitrogens is 1. The maximum absolute atomic E-state index is 12.7. The van der Waals surface area contributed by atoms with Crippen LogP contribution in [0.2, 0.25) is 0 Å². The van der Waals surface area contributed by atoms with Crippen molar-refractivity contribution in [1.29, 1.82) is 0 Å². The van der Waals surface area contributed by atoms with E-state index >= 15 is 0 Å². The summed E-state index contributed by atoms with van der Waals surface area (Å²) in [6.45, 7) is 2.63. The molecule has 7 heteroatoms. The zero-order chi connectivity index (χ0) is 18.0. The van der Waals surface area contributed by atoms with E-state index in [0.29, 0.717) is 33.9 Å². The minimum absolute atomic E-state index is 0.222. The minimum Gasteiger partial charge on any atom is -0.338 e. The van der Waals surface area contributed by atoms with Crippen LogP contribution in [0.15, 0.2) is 51.2 Å². The second-order valence-electron chi connectivity index (χ2n) is 5.40. The lowest BCUT2D eigenvalue weighted by Crippen LogP contribution is -2.29. The van der Waals surface area contributed by atoms with Crippen LogP contribution in [0.4, 0.5) is 0 Å². The van der Waals surface area contributed by atoms with Gasteiger partial charge < -0.3 is 14.7 Å². The Bertz CT molecular complexity index is 995. The van der Waals surface area contributed by atoms with Gasteiger partial charge in [0.25, 0.3) is 5.91 Å². The number of nitrogens with zero attached hydrogens (tertiary/aromatic N) is 1. The Hall–Kier alpha value is -2.25. The largest absolute Gasteiger partial charge is 0.338 e. The third-order valence-electron chi connectivity index (χ3n) is 3.91. The second kappa shape index (κ2) is 7.33. The monoisotopic (exact) mass is 418 g/mol. The van der Waals surface area contributed by atoms with Gasteiger partial charge in [-0.3, -0.25) is 9.59 Å². The number of benzene rings is 1. The van der Waals surface area contributed by atoms with Crippen molar-refractivity contribution < 1.29 is 9.59 Å². The number of aryl methyl sites for hydroxylation is 1. The molecular formula is C18H15BrN2O3S. The number of hydrogen-bond donors (Lipinski definition) is 1. The fraction of sp³-hybridized carbons (Fsp3) is 0.167. The highest BCUT2D eigenvalue weighted by atomic mass is 79.9. The smallest absolute Gasteiger partial charge is 0.253 e. The Morgan fingerprint density at radius 2 is 2.08 bits per heavy atom. The molecule has 3 rings (SSSR count). The minimum atomic E-state index is -0.757. The van der Waals surface area contributed by atoms with Gasteiger partial charge in [0, 0.05) is 18.0 Å². The lowest BCUT2D eigenvalue weighted by molar-refractivity contribution is -0.109. The van der Waals surface area contributed by atoms with Crippen LogP contribution in [0.25, 0.3) is 10.2 Å². The van der Waals surface area contributed by atoms with E-state index in [-0.39, 0.29) is 5.43 Å². The quantitative estimate of drug-likeness (QED) is 0.508. The number of carbonyl (C=O) groups excluding carboxylic acids is 2. The molecule has 0 saturated heterocycles. The maximum atomic E-state index is 12.7. The molecule has 25 heavy (non-hydrogen) atoms. The molecule has 0 fully saturated rings. The molecule has 0 aliphatic carbocycles. The lowest BCUT2D eigenvalue weighted by atomic mass is 10.1. The van der Waals surface area contributed by atoms with Gasteiger partial charge in [0.2, 0.25) is 0 Å². The van der Waals surface area contributed by atoms with E-state index < -0.39 is 11.9 Å². The average molecular weight is 419 g/mol. The summed E-state index contributed by atoms with van der Waals surface area (Å²) >= 11 is 4.72. The number of pyridine rings is 1. The SMILES string of the molecule is CCn1c(Br)cc(=O)c2c(C(=O)NC(C=O)c3ccccc3)csc21. The van der Waals surface area contributed by atoms with Crippen LogP contribution in [-0.4, -0.2) is 16.8 Å². The van der Waals surface area contributed by atoms with Gasteiger partial charge in [0.05, 0.1) is 15.6 Å². The van der Waals surface area contributed by atoms with Gasteiger partial charge >= 0.3 is 0 Å². The summed E-state index contributed by atoms with van der Waals surface area (Å²) in [5.74, 6) is -0.436. The highest BCUT2D eigenvalue weighted by Crippen LogP contribution is 2.27. The van der Waals surface area contributed by atoms with Gasteiger partial charge in [0.1, 0.15) is 17.2 Å². The zero-order valence-corrected chi connectivity index (χ0v) is 15.8. The molecule has 0 aliphatic heterocycles. The number of hydrogen-bond acceptors (Lipinski definition) is 4. The number of halogens is 1. The highest BCUT2D eigenvalue weighted by molar-refractivity contribution is 9.10. The van der Waals surface area contributed by atoms with Crippen molar-refractivity contribution >= 4 is 49.7 Å². The molecule has 3 aromatic rings. The van der Waals surface area contributed by atoms with Crippen molar-refractivity contribution in [3.8, 4) is 0 Å². The van der Waals surface area contributed by atoms with E-state index in [4.69, 9.17) is 0 Å². The Labute approximate surface area is 156 Å². The van der Waals surface area contributed by atoms with E-state index in [9.17, 15) is 14.4 Å². The molecule has 1 unspecified atom stereocenters. The maximum Gasteiger partial charge on any atom is 0.253 e. The summed E-state index contributed by atoms with van der Waals surface area (Å²) in [6.07, 6.45) is 0.683. The molecule has 5 nitrogen and oxygen atoms in total. The first-order valence-corrected chi connectivity index (χ1v) is 9.35. The first kappa shape index (κ1) is 17.6. The molecule has 2 aromatic heterocycles. The van der Waals surface area contributed by atoms with Crippen LogP contribution < -0.4 is 10.7 Å². The van der Waals surface area contributed by atoms with Crippen molar-refractivity contribution in [2.75, 3.05) is 0 Å². The van der Waals surface area contributed by atoms with Gasteiger partial charge in [-0.05, 0) is 28.4 Å². The molecule has 0 saturated carbocycles. The first-order chi connectivity index (χ1) is 12.1. The van der Waals surface area contributed by atoms with Gasteiger partial charge in [0.15, 0.2) is 5.43 Å². The fourth-order valence-electron chi connectivity index (χ4n) is 2.68. The summed E-state index contributed by atoms with van der Waals surface area (Å²) in [4.78, 5) is 37.2. The van der Waals surface area contributed by atoms with Crippen LogP contribution in [0.1, 0.15) is 28.9 Å². The van der Waals surface area contributed by atoms with E-state index in [2.05, 4.69) is 21.2 Å². The molecule has 1 aromatic carbocycles. The van der Waals surface area contributed by atoms with Gasteiger partial charge in [-0.15, -0.1) is 11.3 Å². The summed E-state index contributed by atoms with van der Waals surface area (Å²) in [7, 11) is 0. The third kappa shape index (κ3) is 3.29. The number of rotatable bonds is 5. The Kier molecular flexibility index (Phi) is 5.15. The van der Waals surface area contributed by atoms with E-state index in [1.807, 2.05) is 17.6 Å². The van der Waals surface area contributed by atoms with Crippen LogP contribution in [0.5, 0.6) is 0 Å². The number of carbonyl (C=O) groups is 2. The fourth-order valence-corrected chi connectivity index (χ4v) is 4.57. The number of thiophene rings is 1. The molecule has 0 spiro atoms. The summed E-state index contributed by atoms with van der Waals surface area (Å²) in [5, 5.41) is 4.74. The van der Waals surface area contributed by atoms with Crippen molar-refractivity contribution in [2.45, 2.75) is 19.5 Å². The molecular weight excluding hydrogens is 404 g/mol. The third-order valence-corrected chi connectivity index (χ3v) is 5.57. The number of aldehydes is 1. The van der Waals surface area contributed by atoms with Crippen molar-refractivity contribution in [1.82, 2.24) is 9.88 Å². The van der Waals surface area contributed by atoms with Crippen LogP contribution in [0, 0.1) is 0 Å². The van der Waals surface area contributed by atoms with Crippen LogP contribution in [-0.2, 0) is 11.3 Å². The average Bonchev–Trinajstić information content (AvgIpc) is 3.06. The van der Waals surface area contributed by atoms with Crippen molar-refractivity contribution in [3.05, 3.63) is 67.7 Å². The van der Waals surface area contributed by atoms with E-state index in [1.54, 1.807) is 29.6 Å². The predicted molar refractivity (Wildman–Crippen MR) is 102 cm³/mol. The van der Waals surface area contributed by atoms with Gasteiger partial charge in [-0.2, -0.15) is 0 Å². The summed E-state index contributed by atoms with van der Waals surface area (Å²) in [5.41, 5.74) is 0.766. The summed E-state index contributed by atoms with van der Waals surface area (Å²) in [6, 6.07) is 9.69. The molecule has 2 heterocycles. The molecule has 0 bridgehead atoms. The second-order valence-corrected chi connectivity index (χ2v) is 7.07. The topological polar surface area (TPSA) is 68.2 Å².